The van der Waals surface area contributed by atoms with Crippen molar-refractivity contribution in [3.8, 4) is 0 Å². The molecule has 0 spiro atoms. The number of piperidine rings is 1. The number of fused-ring (bicyclic) bond motifs is 1. The highest BCUT2D eigenvalue weighted by molar-refractivity contribution is 6.04. The molecule has 0 N–H and O–H groups in total. The van der Waals surface area contributed by atoms with Crippen LogP contribution >= 0.6 is 0 Å². The fraction of sp³-hybridized carbons (Fsp3) is 0.583. The van der Waals surface area contributed by atoms with Gasteiger partial charge >= 0.3 is 6.03 Å². The number of imide groups is 1. The molecule has 0 aliphatic carbocycles. The van der Waals surface area contributed by atoms with Gasteiger partial charge < -0.3 is 9.42 Å². The summed E-state index contributed by atoms with van der Waals surface area (Å²) in [4.78, 5) is 27.2. The second kappa shape index (κ2) is 4.12. The van der Waals surface area contributed by atoms with Gasteiger partial charge in [-0.25, -0.2) is 4.79 Å². The Morgan fingerprint density at radius 3 is 2.94 bits per heavy atom. The Kier molecular flexibility index (Phi) is 2.57. The zero-order valence-corrected chi connectivity index (χ0v) is 10.3. The molecule has 96 valence electrons. The normalized spacial score (nSPS) is 23.7. The Labute approximate surface area is 105 Å². The van der Waals surface area contributed by atoms with Crippen molar-refractivity contribution in [1.29, 1.82) is 0 Å². The van der Waals surface area contributed by atoms with Gasteiger partial charge in [0.15, 0.2) is 5.76 Å². The topological polar surface area (TPSA) is 66.7 Å². The van der Waals surface area contributed by atoms with Crippen molar-refractivity contribution in [1.82, 2.24) is 15.0 Å². The van der Waals surface area contributed by atoms with Crippen LogP contribution in [0.2, 0.25) is 0 Å². The number of hydrogen-bond donors (Lipinski definition) is 0. The van der Waals surface area contributed by atoms with Gasteiger partial charge in [-0.15, -0.1) is 0 Å². The predicted molar refractivity (Wildman–Crippen MR) is 61.5 cm³/mol. The maximum Gasteiger partial charge on any atom is 0.327 e. The summed E-state index contributed by atoms with van der Waals surface area (Å²) in [5.74, 6) is 0.447. The van der Waals surface area contributed by atoms with Crippen LogP contribution in [0.3, 0.4) is 0 Å². The molecule has 0 radical (unpaired) electrons. The number of urea groups is 1. The van der Waals surface area contributed by atoms with E-state index in [1.165, 1.54) is 4.90 Å². The smallest absolute Gasteiger partial charge is 0.327 e. The summed E-state index contributed by atoms with van der Waals surface area (Å²) in [6, 6.07) is 1.30. The third-order valence-corrected chi connectivity index (χ3v) is 3.52. The number of carbonyl (C=O) groups excluding carboxylic acids is 2. The van der Waals surface area contributed by atoms with Crippen molar-refractivity contribution in [2.45, 2.75) is 38.8 Å². The fourth-order valence-corrected chi connectivity index (χ4v) is 2.64. The first-order valence-electron chi connectivity index (χ1n) is 6.21. The molecule has 2 fully saturated rings. The third kappa shape index (κ3) is 1.68. The number of hydrogen-bond acceptors (Lipinski definition) is 4. The first kappa shape index (κ1) is 11.3. The SMILES string of the molecule is Cc1cc(CN2C(=O)[C@H]3CCCCN3C2=O)on1. The molecule has 3 heterocycles. The van der Waals surface area contributed by atoms with Crippen molar-refractivity contribution in [3.63, 3.8) is 0 Å². The Morgan fingerprint density at radius 1 is 1.44 bits per heavy atom. The van der Waals surface area contributed by atoms with E-state index in [1.54, 1.807) is 11.0 Å². The van der Waals surface area contributed by atoms with Crippen LogP contribution in [0.1, 0.15) is 30.7 Å². The lowest BCUT2D eigenvalue weighted by Gasteiger charge is -2.25. The van der Waals surface area contributed by atoms with Crippen LogP contribution in [-0.2, 0) is 11.3 Å². The van der Waals surface area contributed by atoms with E-state index in [0.717, 1.165) is 25.0 Å². The van der Waals surface area contributed by atoms with Gasteiger partial charge in [-0.2, -0.15) is 0 Å². The Bertz CT molecular complexity index is 473. The molecule has 2 aliphatic rings. The maximum absolute atomic E-state index is 12.2. The van der Waals surface area contributed by atoms with Gasteiger partial charge in [-0.1, -0.05) is 5.16 Å². The molecule has 3 rings (SSSR count). The van der Waals surface area contributed by atoms with Gasteiger partial charge in [-0.3, -0.25) is 9.69 Å². The first-order chi connectivity index (χ1) is 8.66. The number of nitrogens with zero attached hydrogens (tertiary/aromatic N) is 3. The van der Waals surface area contributed by atoms with Gasteiger partial charge in [0.25, 0.3) is 5.91 Å². The minimum Gasteiger partial charge on any atom is -0.359 e. The lowest BCUT2D eigenvalue weighted by Crippen LogP contribution is -2.38. The van der Waals surface area contributed by atoms with E-state index in [0.29, 0.717) is 12.3 Å². The van der Waals surface area contributed by atoms with Crippen LogP contribution in [0.15, 0.2) is 10.6 Å². The van der Waals surface area contributed by atoms with E-state index in [1.807, 2.05) is 6.92 Å². The zero-order valence-electron chi connectivity index (χ0n) is 10.3. The summed E-state index contributed by atoms with van der Waals surface area (Å²) in [7, 11) is 0. The molecule has 3 amide bonds. The molecule has 0 bridgehead atoms. The molecular formula is C12H15N3O3. The summed E-state index contributed by atoms with van der Waals surface area (Å²) < 4.78 is 5.06. The molecule has 1 aromatic heterocycles. The predicted octanol–water partition coefficient (Wildman–Crippen LogP) is 1.30. The van der Waals surface area contributed by atoms with Crippen molar-refractivity contribution in [2.75, 3.05) is 6.54 Å². The van der Waals surface area contributed by atoms with E-state index >= 15 is 0 Å². The molecule has 2 saturated heterocycles. The quantitative estimate of drug-likeness (QED) is 0.741. The molecule has 0 saturated carbocycles. The van der Waals surface area contributed by atoms with Crippen molar-refractivity contribution < 1.29 is 14.1 Å². The standard InChI is InChI=1S/C12H15N3O3/c1-8-6-9(18-13-8)7-15-11(16)10-4-2-3-5-14(10)12(15)17/h6,10H,2-5,7H2,1H3/t10-/m1/s1. The fourth-order valence-electron chi connectivity index (χ4n) is 2.64. The number of amides is 3. The summed E-state index contributed by atoms with van der Waals surface area (Å²) in [5.41, 5.74) is 0.752. The number of aryl methyl sites for hydroxylation is 1. The molecule has 6 nitrogen and oxygen atoms in total. The molecular weight excluding hydrogens is 234 g/mol. The van der Waals surface area contributed by atoms with E-state index in [2.05, 4.69) is 5.16 Å². The highest BCUT2D eigenvalue weighted by atomic mass is 16.5. The summed E-state index contributed by atoms with van der Waals surface area (Å²) >= 11 is 0. The van der Waals surface area contributed by atoms with Crippen LogP contribution in [0, 0.1) is 6.92 Å². The maximum atomic E-state index is 12.2. The second-order valence-corrected chi connectivity index (χ2v) is 4.85. The van der Waals surface area contributed by atoms with E-state index in [4.69, 9.17) is 4.52 Å². The summed E-state index contributed by atoms with van der Waals surface area (Å²) in [6.07, 6.45) is 2.76. The number of rotatable bonds is 2. The average molecular weight is 249 g/mol. The Morgan fingerprint density at radius 2 is 2.28 bits per heavy atom. The Balaban J connectivity index is 1.80. The molecule has 1 aromatic rings. The van der Waals surface area contributed by atoms with Gasteiger partial charge in [0, 0.05) is 12.6 Å². The van der Waals surface area contributed by atoms with Crippen LogP contribution in [0.4, 0.5) is 4.79 Å². The molecule has 2 aliphatic heterocycles. The lowest BCUT2D eigenvalue weighted by molar-refractivity contribution is -0.129. The molecule has 18 heavy (non-hydrogen) atoms. The van der Waals surface area contributed by atoms with Crippen LogP contribution in [0.25, 0.3) is 0 Å². The van der Waals surface area contributed by atoms with E-state index < -0.39 is 0 Å². The average Bonchev–Trinajstić information content (AvgIpc) is 2.88. The molecule has 1 atom stereocenters. The molecule has 0 unspecified atom stereocenters. The van der Waals surface area contributed by atoms with E-state index in [9.17, 15) is 9.59 Å². The highest BCUT2D eigenvalue weighted by Gasteiger charge is 2.45. The second-order valence-electron chi connectivity index (χ2n) is 4.85. The van der Waals surface area contributed by atoms with Gasteiger partial charge in [0.2, 0.25) is 0 Å². The van der Waals surface area contributed by atoms with Gasteiger partial charge in [-0.05, 0) is 26.2 Å². The van der Waals surface area contributed by atoms with Gasteiger partial charge in [0.1, 0.15) is 6.04 Å². The number of aromatic nitrogens is 1. The number of carbonyl (C=O) groups is 2. The first-order valence-corrected chi connectivity index (χ1v) is 6.21. The summed E-state index contributed by atoms with van der Waals surface area (Å²) in [6.45, 7) is 2.68. The van der Waals surface area contributed by atoms with E-state index in [-0.39, 0.29) is 24.5 Å². The highest BCUT2D eigenvalue weighted by Crippen LogP contribution is 2.27. The molecule has 0 aromatic carbocycles. The monoisotopic (exact) mass is 249 g/mol. The zero-order chi connectivity index (χ0) is 12.7. The molecule has 6 heteroatoms. The largest absolute Gasteiger partial charge is 0.359 e. The Hall–Kier alpha value is -1.85. The van der Waals surface area contributed by atoms with Gasteiger partial charge in [0.05, 0.1) is 12.2 Å². The van der Waals surface area contributed by atoms with Crippen LogP contribution in [-0.4, -0.2) is 39.5 Å². The lowest BCUT2D eigenvalue weighted by atomic mass is 10.0. The van der Waals surface area contributed by atoms with Crippen molar-refractivity contribution in [3.05, 3.63) is 17.5 Å². The van der Waals surface area contributed by atoms with Crippen molar-refractivity contribution in [2.24, 2.45) is 0 Å². The third-order valence-electron chi connectivity index (χ3n) is 3.52. The van der Waals surface area contributed by atoms with Crippen LogP contribution < -0.4 is 0 Å². The van der Waals surface area contributed by atoms with Crippen molar-refractivity contribution >= 4 is 11.9 Å². The van der Waals surface area contributed by atoms with Crippen LogP contribution in [0.5, 0.6) is 0 Å². The minimum absolute atomic E-state index is 0.103. The summed E-state index contributed by atoms with van der Waals surface area (Å²) in [5, 5.41) is 3.76. The minimum atomic E-state index is -0.254.